The number of hydrogen-bond acceptors (Lipinski definition) is 3. The molecule has 1 aromatic rings. The zero-order valence-corrected chi connectivity index (χ0v) is 15.3. The number of likely N-dealkylation sites (tertiary alicyclic amines) is 1. The fourth-order valence-electron chi connectivity index (χ4n) is 2.87. The van der Waals surface area contributed by atoms with Crippen LogP contribution in [0.1, 0.15) is 45.6 Å². The molecule has 1 fully saturated rings. The summed E-state index contributed by atoms with van der Waals surface area (Å²) in [6, 6.07) is 7.77. The second kappa shape index (κ2) is 9.25. The van der Waals surface area contributed by atoms with Crippen molar-refractivity contribution in [1.82, 2.24) is 10.2 Å². The SMILES string of the molecule is CC[C@H](C)Oc1ccccc1/C=C\C(=O)N1CCC[C@@H](NC(C)=O)C1. The van der Waals surface area contributed by atoms with Crippen molar-refractivity contribution in [2.45, 2.75) is 52.2 Å². The lowest BCUT2D eigenvalue weighted by Gasteiger charge is -2.32. The fraction of sp³-hybridized carbons (Fsp3) is 0.500. The van der Waals surface area contributed by atoms with E-state index in [2.05, 4.69) is 12.2 Å². The molecule has 1 aliphatic rings. The van der Waals surface area contributed by atoms with Gasteiger partial charge >= 0.3 is 0 Å². The van der Waals surface area contributed by atoms with Crippen LogP contribution >= 0.6 is 0 Å². The number of para-hydroxylation sites is 1. The summed E-state index contributed by atoms with van der Waals surface area (Å²) < 4.78 is 5.91. The first kappa shape index (κ1) is 19.0. The molecule has 1 saturated heterocycles. The van der Waals surface area contributed by atoms with Crippen LogP contribution < -0.4 is 10.1 Å². The van der Waals surface area contributed by atoms with Crippen LogP contribution in [0, 0.1) is 0 Å². The van der Waals surface area contributed by atoms with Crippen molar-refractivity contribution in [3.8, 4) is 5.75 Å². The minimum atomic E-state index is -0.0500. The first-order valence-corrected chi connectivity index (χ1v) is 8.99. The Morgan fingerprint density at radius 2 is 2.16 bits per heavy atom. The first-order valence-electron chi connectivity index (χ1n) is 8.99. The van der Waals surface area contributed by atoms with Gasteiger partial charge in [0.1, 0.15) is 5.75 Å². The summed E-state index contributed by atoms with van der Waals surface area (Å²) >= 11 is 0. The van der Waals surface area contributed by atoms with E-state index in [1.54, 1.807) is 11.0 Å². The van der Waals surface area contributed by atoms with Crippen molar-refractivity contribution >= 4 is 17.9 Å². The van der Waals surface area contributed by atoms with Crippen LogP contribution in [0.4, 0.5) is 0 Å². The van der Waals surface area contributed by atoms with E-state index in [9.17, 15) is 9.59 Å². The van der Waals surface area contributed by atoms with Crippen molar-refractivity contribution < 1.29 is 14.3 Å². The molecule has 2 amide bonds. The predicted octanol–water partition coefficient (Wildman–Crippen LogP) is 3.00. The normalized spacial score (nSPS) is 18.8. The lowest BCUT2D eigenvalue weighted by Crippen LogP contribution is -2.48. The Morgan fingerprint density at radius 3 is 2.88 bits per heavy atom. The number of benzene rings is 1. The predicted molar refractivity (Wildman–Crippen MR) is 99.3 cm³/mol. The van der Waals surface area contributed by atoms with Crippen LogP contribution in [0.3, 0.4) is 0 Å². The van der Waals surface area contributed by atoms with Gasteiger partial charge in [-0.25, -0.2) is 0 Å². The molecule has 2 atom stereocenters. The topological polar surface area (TPSA) is 58.6 Å². The average molecular weight is 344 g/mol. The maximum atomic E-state index is 12.5. The van der Waals surface area contributed by atoms with E-state index in [1.165, 1.54) is 6.92 Å². The molecule has 0 saturated carbocycles. The number of nitrogens with one attached hydrogen (secondary N) is 1. The van der Waals surface area contributed by atoms with E-state index in [0.717, 1.165) is 37.1 Å². The lowest BCUT2D eigenvalue weighted by molar-refractivity contribution is -0.128. The third-order valence-electron chi connectivity index (χ3n) is 4.37. The summed E-state index contributed by atoms with van der Waals surface area (Å²) in [7, 11) is 0. The maximum absolute atomic E-state index is 12.5. The average Bonchev–Trinajstić information content (AvgIpc) is 2.60. The van der Waals surface area contributed by atoms with Crippen LogP contribution in [0.5, 0.6) is 5.75 Å². The van der Waals surface area contributed by atoms with Gasteiger partial charge in [0.2, 0.25) is 11.8 Å². The van der Waals surface area contributed by atoms with Gasteiger partial charge in [0, 0.05) is 37.7 Å². The van der Waals surface area contributed by atoms with Crippen LogP contribution in [-0.2, 0) is 9.59 Å². The zero-order valence-electron chi connectivity index (χ0n) is 15.3. The molecular formula is C20H28N2O3. The molecular weight excluding hydrogens is 316 g/mol. The van der Waals surface area contributed by atoms with Crippen molar-refractivity contribution in [3.05, 3.63) is 35.9 Å². The van der Waals surface area contributed by atoms with Crippen LogP contribution in [-0.4, -0.2) is 41.9 Å². The molecule has 0 unspecified atom stereocenters. The number of hydrogen-bond donors (Lipinski definition) is 1. The van der Waals surface area contributed by atoms with Gasteiger partial charge in [-0.1, -0.05) is 25.1 Å². The van der Waals surface area contributed by atoms with Crippen molar-refractivity contribution in [1.29, 1.82) is 0 Å². The molecule has 1 heterocycles. The van der Waals surface area contributed by atoms with Gasteiger partial charge in [-0.15, -0.1) is 0 Å². The number of piperidine rings is 1. The van der Waals surface area contributed by atoms with Gasteiger partial charge < -0.3 is 15.0 Å². The molecule has 1 aromatic carbocycles. The summed E-state index contributed by atoms with van der Waals surface area (Å²) in [4.78, 5) is 25.5. The quantitative estimate of drug-likeness (QED) is 0.807. The van der Waals surface area contributed by atoms with Gasteiger partial charge in [-0.3, -0.25) is 9.59 Å². The Morgan fingerprint density at radius 1 is 1.40 bits per heavy atom. The second-order valence-corrected chi connectivity index (χ2v) is 6.53. The van der Waals surface area contributed by atoms with E-state index in [0.29, 0.717) is 6.54 Å². The smallest absolute Gasteiger partial charge is 0.246 e. The van der Waals surface area contributed by atoms with Crippen LogP contribution in [0.2, 0.25) is 0 Å². The van der Waals surface area contributed by atoms with E-state index >= 15 is 0 Å². The number of carbonyl (C=O) groups is 2. The van der Waals surface area contributed by atoms with Crippen molar-refractivity contribution in [3.63, 3.8) is 0 Å². The molecule has 136 valence electrons. The highest BCUT2D eigenvalue weighted by Crippen LogP contribution is 2.22. The van der Waals surface area contributed by atoms with Gasteiger partial charge in [-0.2, -0.15) is 0 Å². The summed E-state index contributed by atoms with van der Waals surface area (Å²) in [6.07, 6.45) is 6.27. The summed E-state index contributed by atoms with van der Waals surface area (Å²) in [5, 5.41) is 2.90. The number of amides is 2. The molecule has 5 heteroatoms. The van der Waals surface area contributed by atoms with E-state index < -0.39 is 0 Å². The Balaban J connectivity index is 2.01. The third-order valence-corrected chi connectivity index (χ3v) is 4.37. The molecule has 1 N–H and O–H groups in total. The molecule has 0 aliphatic carbocycles. The molecule has 0 aromatic heterocycles. The number of ether oxygens (including phenoxy) is 1. The highest BCUT2D eigenvalue weighted by molar-refractivity contribution is 5.92. The lowest BCUT2D eigenvalue weighted by atomic mass is 10.1. The van der Waals surface area contributed by atoms with Gasteiger partial charge in [-0.05, 0) is 38.3 Å². The summed E-state index contributed by atoms with van der Waals surface area (Å²) in [5.74, 6) is 0.704. The second-order valence-electron chi connectivity index (χ2n) is 6.53. The monoisotopic (exact) mass is 344 g/mol. The molecule has 0 bridgehead atoms. The Hall–Kier alpha value is -2.30. The molecule has 0 spiro atoms. The van der Waals surface area contributed by atoms with Gasteiger partial charge in [0.25, 0.3) is 0 Å². The Labute approximate surface area is 150 Å². The zero-order chi connectivity index (χ0) is 18.2. The molecule has 2 rings (SSSR count). The van der Waals surface area contributed by atoms with E-state index in [1.807, 2.05) is 37.3 Å². The first-order chi connectivity index (χ1) is 12.0. The summed E-state index contributed by atoms with van der Waals surface area (Å²) in [6.45, 7) is 6.91. The maximum Gasteiger partial charge on any atom is 0.246 e. The minimum Gasteiger partial charge on any atom is -0.490 e. The summed E-state index contributed by atoms with van der Waals surface area (Å²) in [5.41, 5.74) is 0.895. The van der Waals surface area contributed by atoms with E-state index in [-0.39, 0.29) is 24.0 Å². The third kappa shape index (κ3) is 5.93. The highest BCUT2D eigenvalue weighted by Gasteiger charge is 2.22. The standard InChI is InChI=1S/C20H28N2O3/c1-4-15(2)25-19-10-6-5-8-17(19)11-12-20(24)22-13-7-9-18(14-22)21-16(3)23/h5-6,8,10-12,15,18H,4,7,9,13-14H2,1-3H3,(H,21,23)/b12-11-/t15-,18+/m0/s1. The Bertz CT molecular complexity index is 627. The highest BCUT2D eigenvalue weighted by atomic mass is 16.5. The number of nitrogens with zero attached hydrogens (tertiary/aromatic N) is 1. The Kier molecular flexibility index (Phi) is 7.04. The minimum absolute atomic E-state index is 0.0339. The number of carbonyl (C=O) groups excluding carboxylic acids is 2. The largest absolute Gasteiger partial charge is 0.490 e. The molecule has 0 radical (unpaired) electrons. The fourth-order valence-corrected chi connectivity index (χ4v) is 2.87. The number of rotatable bonds is 6. The molecule has 5 nitrogen and oxygen atoms in total. The molecule has 25 heavy (non-hydrogen) atoms. The van der Waals surface area contributed by atoms with Crippen molar-refractivity contribution in [2.24, 2.45) is 0 Å². The van der Waals surface area contributed by atoms with Crippen LogP contribution in [0.15, 0.2) is 30.3 Å². The van der Waals surface area contributed by atoms with Gasteiger partial charge in [0.15, 0.2) is 0 Å². The van der Waals surface area contributed by atoms with Gasteiger partial charge in [0.05, 0.1) is 6.10 Å². The van der Waals surface area contributed by atoms with E-state index in [4.69, 9.17) is 4.74 Å². The van der Waals surface area contributed by atoms with Crippen LogP contribution in [0.25, 0.3) is 6.08 Å². The van der Waals surface area contributed by atoms with Crippen molar-refractivity contribution in [2.75, 3.05) is 13.1 Å². The molecule has 1 aliphatic heterocycles.